The van der Waals surface area contributed by atoms with Crippen LogP contribution in [0, 0.1) is 5.41 Å². The first-order valence-corrected chi connectivity index (χ1v) is 9.70. The molecule has 1 nitrogen and oxygen atoms in total. The van der Waals surface area contributed by atoms with Crippen LogP contribution in [0.4, 0.5) is 0 Å². The summed E-state index contributed by atoms with van der Waals surface area (Å²) in [6, 6.07) is 5.34. The van der Waals surface area contributed by atoms with Crippen molar-refractivity contribution < 1.29 is 0 Å². The quantitative estimate of drug-likeness (QED) is 0.573. The summed E-state index contributed by atoms with van der Waals surface area (Å²) in [6.07, 6.45) is 11.3. The van der Waals surface area contributed by atoms with Gasteiger partial charge in [0.05, 0.1) is 0 Å². The van der Waals surface area contributed by atoms with Crippen molar-refractivity contribution in [1.29, 1.82) is 0 Å². The van der Waals surface area contributed by atoms with Crippen LogP contribution < -0.4 is 0 Å². The Morgan fingerprint density at radius 2 is 1.95 bits per heavy atom. The van der Waals surface area contributed by atoms with E-state index in [1.807, 2.05) is 11.3 Å². The molecule has 3 heteroatoms. The lowest BCUT2D eigenvalue weighted by Gasteiger charge is -2.37. The smallest absolute Gasteiger partial charge is 0.0331 e. The molecule has 2 fully saturated rings. The summed E-state index contributed by atoms with van der Waals surface area (Å²) >= 11 is 6.66. The molecule has 0 spiro atoms. The van der Waals surface area contributed by atoms with Gasteiger partial charge in [0, 0.05) is 24.0 Å². The fourth-order valence-electron chi connectivity index (χ4n) is 3.63. The number of thiol groups is 1. The van der Waals surface area contributed by atoms with E-state index in [1.54, 1.807) is 0 Å². The first-order valence-electron chi connectivity index (χ1n) is 8.19. The summed E-state index contributed by atoms with van der Waals surface area (Å²) in [4.78, 5) is 4.30. The standard InChI is InChI=1S/C17H27NS2/c19-14-17(9-3-1-2-4-10-17)13-18(15-7-8-15)12-16-6-5-11-20-16/h5-6,11,15,19H,1-4,7-10,12-14H2. The molecule has 20 heavy (non-hydrogen) atoms. The summed E-state index contributed by atoms with van der Waals surface area (Å²) in [5.74, 6) is 1.07. The van der Waals surface area contributed by atoms with Crippen molar-refractivity contribution in [1.82, 2.24) is 4.90 Å². The lowest BCUT2D eigenvalue weighted by molar-refractivity contribution is 0.138. The molecule has 2 saturated carbocycles. The minimum Gasteiger partial charge on any atom is -0.295 e. The Morgan fingerprint density at radius 3 is 2.50 bits per heavy atom. The fraction of sp³-hybridized carbons (Fsp3) is 0.765. The highest BCUT2D eigenvalue weighted by Crippen LogP contribution is 2.40. The van der Waals surface area contributed by atoms with Crippen molar-refractivity contribution in [2.24, 2.45) is 5.41 Å². The third kappa shape index (κ3) is 3.80. The molecule has 0 aliphatic heterocycles. The van der Waals surface area contributed by atoms with Gasteiger partial charge in [-0.25, -0.2) is 0 Å². The predicted octanol–water partition coefficient (Wildman–Crippen LogP) is 4.98. The van der Waals surface area contributed by atoms with Crippen LogP contribution >= 0.6 is 24.0 Å². The molecule has 3 rings (SSSR count). The normalized spacial score (nSPS) is 22.9. The van der Waals surface area contributed by atoms with E-state index >= 15 is 0 Å². The van der Waals surface area contributed by atoms with Gasteiger partial charge >= 0.3 is 0 Å². The lowest BCUT2D eigenvalue weighted by Crippen LogP contribution is -2.39. The van der Waals surface area contributed by atoms with E-state index in [-0.39, 0.29) is 0 Å². The summed E-state index contributed by atoms with van der Waals surface area (Å²) in [6.45, 7) is 2.44. The zero-order valence-electron chi connectivity index (χ0n) is 12.4. The Hall–Kier alpha value is 0.01000. The number of hydrogen-bond donors (Lipinski definition) is 1. The Morgan fingerprint density at radius 1 is 1.20 bits per heavy atom. The molecule has 0 saturated heterocycles. The lowest BCUT2D eigenvalue weighted by atomic mass is 9.81. The van der Waals surface area contributed by atoms with Gasteiger partial charge in [-0.3, -0.25) is 4.90 Å². The molecular formula is C17H27NS2. The van der Waals surface area contributed by atoms with Gasteiger partial charge < -0.3 is 0 Å². The summed E-state index contributed by atoms with van der Waals surface area (Å²) in [5.41, 5.74) is 0.486. The van der Waals surface area contributed by atoms with Gasteiger partial charge in [-0.15, -0.1) is 11.3 Å². The second-order valence-corrected chi connectivity index (χ2v) is 8.14. The zero-order valence-corrected chi connectivity index (χ0v) is 14.1. The van der Waals surface area contributed by atoms with Crippen LogP contribution in [0.5, 0.6) is 0 Å². The van der Waals surface area contributed by atoms with Gasteiger partial charge in [-0.05, 0) is 48.3 Å². The first-order chi connectivity index (χ1) is 9.81. The second kappa shape index (κ2) is 6.85. The van der Waals surface area contributed by atoms with E-state index in [0.29, 0.717) is 5.41 Å². The SMILES string of the molecule is SCC1(CN(Cc2cccs2)C2CC2)CCCCCC1. The van der Waals surface area contributed by atoms with Crippen LogP contribution in [-0.2, 0) is 6.54 Å². The van der Waals surface area contributed by atoms with Crippen LogP contribution in [0.15, 0.2) is 17.5 Å². The van der Waals surface area contributed by atoms with E-state index < -0.39 is 0 Å². The molecule has 1 aromatic rings. The van der Waals surface area contributed by atoms with E-state index in [0.717, 1.165) is 18.3 Å². The largest absolute Gasteiger partial charge is 0.295 e. The Labute approximate surface area is 133 Å². The average Bonchev–Trinajstić information content (AvgIpc) is 3.23. The van der Waals surface area contributed by atoms with Gasteiger partial charge in [0.15, 0.2) is 0 Å². The van der Waals surface area contributed by atoms with Gasteiger partial charge in [-0.2, -0.15) is 12.6 Å². The molecular weight excluding hydrogens is 282 g/mol. The van der Waals surface area contributed by atoms with Crippen molar-refractivity contribution in [2.45, 2.75) is 64.0 Å². The number of nitrogens with zero attached hydrogens (tertiary/aromatic N) is 1. The van der Waals surface area contributed by atoms with Crippen LogP contribution in [0.2, 0.25) is 0 Å². The fourth-order valence-corrected chi connectivity index (χ4v) is 4.78. The van der Waals surface area contributed by atoms with E-state index in [1.165, 1.54) is 62.8 Å². The molecule has 2 aliphatic rings. The topological polar surface area (TPSA) is 3.24 Å². The maximum absolute atomic E-state index is 4.75. The predicted molar refractivity (Wildman–Crippen MR) is 91.7 cm³/mol. The maximum Gasteiger partial charge on any atom is 0.0331 e. The average molecular weight is 310 g/mol. The van der Waals surface area contributed by atoms with E-state index in [9.17, 15) is 0 Å². The van der Waals surface area contributed by atoms with E-state index in [2.05, 4.69) is 22.4 Å². The maximum atomic E-state index is 4.75. The molecule has 2 aliphatic carbocycles. The minimum absolute atomic E-state index is 0.486. The second-order valence-electron chi connectivity index (χ2n) is 6.79. The van der Waals surface area contributed by atoms with Crippen molar-refractivity contribution >= 4 is 24.0 Å². The van der Waals surface area contributed by atoms with Crippen LogP contribution in [0.1, 0.15) is 56.2 Å². The number of thiophene rings is 1. The van der Waals surface area contributed by atoms with Gasteiger partial charge in [0.2, 0.25) is 0 Å². The Kier molecular flexibility index (Phi) is 5.11. The van der Waals surface area contributed by atoms with Gasteiger partial charge in [-0.1, -0.05) is 31.7 Å². The summed E-state index contributed by atoms with van der Waals surface area (Å²) in [5, 5.41) is 2.21. The highest BCUT2D eigenvalue weighted by atomic mass is 32.1. The number of hydrogen-bond acceptors (Lipinski definition) is 3. The van der Waals surface area contributed by atoms with Crippen molar-refractivity contribution in [3.05, 3.63) is 22.4 Å². The summed E-state index contributed by atoms with van der Waals surface area (Å²) in [7, 11) is 0. The van der Waals surface area contributed by atoms with Crippen molar-refractivity contribution in [2.75, 3.05) is 12.3 Å². The first kappa shape index (κ1) is 14.9. The van der Waals surface area contributed by atoms with Crippen molar-refractivity contribution in [3.8, 4) is 0 Å². The molecule has 0 N–H and O–H groups in total. The van der Waals surface area contributed by atoms with E-state index in [4.69, 9.17) is 12.6 Å². The minimum atomic E-state index is 0.486. The zero-order chi connectivity index (χ0) is 13.8. The third-order valence-corrected chi connectivity index (χ3v) is 6.57. The highest BCUT2D eigenvalue weighted by molar-refractivity contribution is 7.80. The van der Waals surface area contributed by atoms with Crippen molar-refractivity contribution in [3.63, 3.8) is 0 Å². The van der Waals surface area contributed by atoms with Gasteiger partial charge in [0.1, 0.15) is 0 Å². The Bertz CT molecular complexity index is 389. The molecule has 0 radical (unpaired) electrons. The Balaban J connectivity index is 1.67. The molecule has 1 heterocycles. The van der Waals surface area contributed by atoms with Crippen LogP contribution in [-0.4, -0.2) is 23.2 Å². The monoisotopic (exact) mass is 309 g/mol. The molecule has 0 aromatic carbocycles. The number of rotatable bonds is 6. The molecule has 0 atom stereocenters. The third-order valence-electron chi connectivity index (χ3n) is 5.04. The summed E-state index contributed by atoms with van der Waals surface area (Å²) < 4.78 is 0. The van der Waals surface area contributed by atoms with Crippen LogP contribution in [0.25, 0.3) is 0 Å². The molecule has 1 aromatic heterocycles. The van der Waals surface area contributed by atoms with Gasteiger partial charge in [0.25, 0.3) is 0 Å². The highest BCUT2D eigenvalue weighted by Gasteiger charge is 2.37. The molecule has 0 amide bonds. The molecule has 112 valence electrons. The molecule has 0 bridgehead atoms. The van der Waals surface area contributed by atoms with Crippen LogP contribution in [0.3, 0.4) is 0 Å². The molecule has 0 unspecified atom stereocenters.